The molecule has 3 N–H and O–H groups in total. The van der Waals surface area contributed by atoms with Crippen LogP contribution >= 0.6 is 33.3 Å². The smallest absolute Gasteiger partial charge is 0.407 e. The van der Waals surface area contributed by atoms with Gasteiger partial charge in [0.05, 0.1) is 32.0 Å². The third-order valence-corrected chi connectivity index (χ3v) is 13.5. The second-order valence-corrected chi connectivity index (χ2v) is 18.9. The van der Waals surface area contributed by atoms with Gasteiger partial charge in [-0.05, 0) is 59.1 Å². The summed E-state index contributed by atoms with van der Waals surface area (Å²) >= 11 is 1.67. The second-order valence-electron chi connectivity index (χ2n) is 14.7. The van der Waals surface area contributed by atoms with Crippen LogP contribution in [0.2, 0.25) is 0 Å². The van der Waals surface area contributed by atoms with Crippen molar-refractivity contribution in [3.63, 3.8) is 0 Å². The Morgan fingerprint density at radius 2 is 1.56 bits per heavy atom. The van der Waals surface area contributed by atoms with E-state index in [9.17, 15) is 14.4 Å². The number of ether oxygens (including phenoxy) is 4. The molecule has 3 aromatic rings. The number of thioether (sulfide) groups is 1. The molecular weight excluding hydrogens is 755 g/mol. The number of rotatable bonds is 19. The quantitative estimate of drug-likeness (QED) is 0.0842. The summed E-state index contributed by atoms with van der Waals surface area (Å²) in [5, 5.41) is 9.26. The van der Waals surface area contributed by atoms with Gasteiger partial charge in [-0.2, -0.15) is 11.8 Å². The lowest BCUT2D eigenvalue weighted by Gasteiger charge is -2.37. The van der Waals surface area contributed by atoms with E-state index >= 15 is 0 Å². The number of esters is 1. The first-order chi connectivity index (χ1) is 26.6. The predicted molar refractivity (Wildman–Crippen MR) is 225 cm³/mol. The summed E-state index contributed by atoms with van der Waals surface area (Å²) in [5.74, 6) is 0.456. The van der Waals surface area contributed by atoms with Gasteiger partial charge in [0.15, 0.2) is 0 Å². The Labute approximate surface area is 338 Å². The molecule has 1 saturated heterocycles. The van der Waals surface area contributed by atoms with Crippen LogP contribution in [0.25, 0.3) is 11.1 Å². The molecule has 1 fully saturated rings. The van der Waals surface area contributed by atoms with Gasteiger partial charge in [-0.1, -0.05) is 121 Å². The van der Waals surface area contributed by atoms with Crippen molar-refractivity contribution in [1.29, 1.82) is 0 Å². The molecule has 0 unspecified atom stereocenters. The molecule has 2 amide bonds. The van der Waals surface area contributed by atoms with Gasteiger partial charge in [0.2, 0.25) is 5.91 Å². The van der Waals surface area contributed by atoms with Crippen molar-refractivity contribution in [3.05, 3.63) is 95.6 Å². The minimum absolute atomic E-state index is 0.0319. The van der Waals surface area contributed by atoms with Crippen LogP contribution in [0, 0.1) is 0 Å². The lowest BCUT2D eigenvalue weighted by molar-refractivity contribution is -0.149. The van der Waals surface area contributed by atoms with E-state index in [2.05, 4.69) is 61.0 Å². The van der Waals surface area contributed by atoms with Crippen molar-refractivity contribution in [2.24, 2.45) is 0 Å². The minimum atomic E-state index is -0.823. The van der Waals surface area contributed by atoms with Gasteiger partial charge >= 0.3 is 12.1 Å². The highest BCUT2D eigenvalue weighted by Crippen LogP contribution is 2.44. The van der Waals surface area contributed by atoms with E-state index in [0.717, 1.165) is 33.6 Å². The Morgan fingerprint density at radius 3 is 2.22 bits per heavy atom. The highest BCUT2D eigenvalue weighted by Gasteiger charge is 2.35. The number of fused-ring (bicyclic) bond motifs is 3. The van der Waals surface area contributed by atoms with Crippen molar-refractivity contribution in [2.75, 3.05) is 44.6 Å². The molecule has 5 atom stereocenters. The number of carbonyl (C=O) groups is 3. The molecule has 0 radical (unpaired) electrons. The third kappa shape index (κ3) is 12.9. The monoisotopic (exact) mass is 809 g/mol. The first kappa shape index (κ1) is 42.9. The fourth-order valence-electron chi connectivity index (χ4n) is 6.76. The van der Waals surface area contributed by atoms with Crippen LogP contribution in [-0.4, -0.2) is 97.7 Å². The molecule has 0 spiro atoms. The van der Waals surface area contributed by atoms with E-state index < -0.39 is 18.2 Å². The lowest BCUT2D eigenvalue weighted by Crippen LogP contribution is -2.53. The molecular formula is C42H55N3O7S3. The molecule has 0 bridgehead atoms. The normalized spacial score (nSPS) is 19.1. The van der Waals surface area contributed by atoms with E-state index in [1.54, 1.807) is 22.6 Å². The van der Waals surface area contributed by atoms with E-state index in [1.807, 2.05) is 60.9 Å². The molecule has 5 rings (SSSR count). The van der Waals surface area contributed by atoms with Gasteiger partial charge in [0.1, 0.15) is 18.7 Å². The Hall–Kier alpha value is -3.20. The first-order valence-corrected chi connectivity index (χ1v) is 22.6. The van der Waals surface area contributed by atoms with E-state index in [0.29, 0.717) is 38.2 Å². The van der Waals surface area contributed by atoms with Crippen LogP contribution in [0.5, 0.6) is 0 Å². The summed E-state index contributed by atoms with van der Waals surface area (Å²) in [6, 6.07) is 25.1. The number of alkyl carbamates (subject to hydrolysis) is 1. The summed E-state index contributed by atoms with van der Waals surface area (Å²) in [4.78, 5) is 39.6. The largest absolute Gasteiger partial charge is 0.468 e. The number of nitrogens with one attached hydrogen (secondary N) is 3. The van der Waals surface area contributed by atoms with Gasteiger partial charge in [0.25, 0.3) is 0 Å². The van der Waals surface area contributed by atoms with Crippen LogP contribution in [0.3, 0.4) is 0 Å². The van der Waals surface area contributed by atoms with Crippen molar-refractivity contribution < 1.29 is 33.3 Å². The zero-order valence-corrected chi connectivity index (χ0v) is 34.9. The molecule has 2 aliphatic rings. The fraction of sp³-hybridized carbons (Fsp3) is 0.500. The maximum Gasteiger partial charge on any atom is 0.407 e. The molecule has 3 aromatic carbocycles. The van der Waals surface area contributed by atoms with Gasteiger partial charge < -0.3 is 34.9 Å². The average Bonchev–Trinajstić information content (AvgIpc) is 3.51. The zero-order valence-electron chi connectivity index (χ0n) is 32.4. The Kier molecular flexibility index (Phi) is 16.7. The lowest BCUT2D eigenvalue weighted by atomic mass is 9.98. The van der Waals surface area contributed by atoms with Gasteiger partial charge in [-0.3, -0.25) is 9.59 Å². The predicted octanol–water partition coefficient (Wildman–Crippen LogP) is 7.21. The number of amides is 2. The molecule has 1 aliphatic heterocycles. The van der Waals surface area contributed by atoms with Gasteiger partial charge in [0, 0.05) is 29.5 Å². The maximum atomic E-state index is 13.7. The van der Waals surface area contributed by atoms with Crippen LogP contribution in [0.4, 0.5) is 4.79 Å². The molecule has 55 heavy (non-hydrogen) atoms. The summed E-state index contributed by atoms with van der Waals surface area (Å²) < 4.78 is 23.8. The van der Waals surface area contributed by atoms with Crippen molar-refractivity contribution in [2.45, 2.75) is 87.7 Å². The third-order valence-electron chi connectivity index (χ3n) is 9.52. The van der Waals surface area contributed by atoms with Gasteiger partial charge in [-0.25, -0.2) is 4.79 Å². The number of benzene rings is 3. The molecule has 298 valence electrons. The van der Waals surface area contributed by atoms with Crippen LogP contribution < -0.4 is 16.0 Å². The maximum absolute atomic E-state index is 13.7. The van der Waals surface area contributed by atoms with Crippen LogP contribution in [0.15, 0.2) is 78.9 Å². The number of hydrogen-bond donors (Lipinski definition) is 3. The van der Waals surface area contributed by atoms with E-state index in [1.165, 1.54) is 17.9 Å². The Balaban J connectivity index is 1.19. The Bertz CT molecular complexity index is 1650. The summed E-state index contributed by atoms with van der Waals surface area (Å²) in [7, 11) is 4.59. The molecule has 0 saturated carbocycles. The molecule has 1 heterocycles. The highest BCUT2D eigenvalue weighted by molar-refractivity contribution is 8.77. The Morgan fingerprint density at radius 1 is 0.891 bits per heavy atom. The summed E-state index contributed by atoms with van der Waals surface area (Å²) in [6.45, 7) is 7.56. The fourth-order valence-corrected chi connectivity index (χ4v) is 9.69. The SMILES string of the molecule is COC(=O)[C@H](CCSC)NC[C@H]1O[C@@H](CNC(=O)[C@H](CSSC(C)(C)C)NC(=O)OCC2c3ccccc3-c3ccccc32)CC[C@@H]1OCc1ccccc1. The molecule has 1 aliphatic carbocycles. The molecule has 13 heteroatoms. The zero-order chi connectivity index (χ0) is 39.2. The van der Waals surface area contributed by atoms with Gasteiger partial charge in [-0.15, -0.1) is 0 Å². The number of hydrogen-bond acceptors (Lipinski definition) is 11. The van der Waals surface area contributed by atoms with Crippen LogP contribution in [0.1, 0.15) is 62.6 Å². The van der Waals surface area contributed by atoms with Crippen molar-refractivity contribution in [3.8, 4) is 11.1 Å². The molecule has 0 aromatic heterocycles. The van der Waals surface area contributed by atoms with Crippen molar-refractivity contribution >= 4 is 51.3 Å². The first-order valence-electron chi connectivity index (χ1n) is 18.9. The summed E-state index contributed by atoms with van der Waals surface area (Å²) in [5.41, 5.74) is 5.61. The van der Waals surface area contributed by atoms with Crippen molar-refractivity contribution in [1.82, 2.24) is 16.0 Å². The highest BCUT2D eigenvalue weighted by atomic mass is 33.1. The second kappa shape index (κ2) is 21.4. The van der Waals surface area contributed by atoms with E-state index in [-0.39, 0.29) is 54.0 Å². The van der Waals surface area contributed by atoms with Crippen LogP contribution in [-0.2, 0) is 35.1 Å². The van der Waals surface area contributed by atoms with E-state index in [4.69, 9.17) is 18.9 Å². The standard InChI is InChI=1S/C42H55N3O7S3/c1-42(2,3)55-54-27-36(45-41(48)51-26-34-32-17-11-9-15-30(32)31-16-10-12-18-33(31)34)39(46)44-23-29-19-20-37(50-25-28-13-7-6-8-14-28)38(52-29)24-43-35(21-22-53-5)40(47)49-4/h6-18,29,34-38,43H,19-27H2,1-5H3,(H,44,46)(H,45,48)/t29-,35+,36+,37+,38-/m1/s1. The summed E-state index contributed by atoms with van der Waals surface area (Å²) in [6.07, 6.45) is 2.51. The topological polar surface area (TPSA) is 124 Å². The minimum Gasteiger partial charge on any atom is -0.468 e. The average molecular weight is 810 g/mol. The molecule has 10 nitrogen and oxygen atoms in total. The number of carbonyl (C=O) groups excluding carboxylic acids is 3. The number of methoxy groups -OCH3 is 1.